The molecule has 0 bridgehead atoms. The number of benzene rings is 1. The van der Waals surface area contributed by atoms with Gasteiger partial charge in [-0.2, -0.15) is 0 Å². The smallest absolute Gasteiger partial charge is 0.511 e. The fourth-order valence-corrected chi connectivity index (χ4v) is 0.799. The molecule has 0 saturated carbocycles. The molecule has 0 amide bonds. The summed E-state index contributed by atoms with van der Waals surface area (Å²) in [7, 11) is -1.90. The van der Waals surface area contributed by atoms with Gasteiger partial charge in [-0.05, 0) is 12.1 Å². The van der Waals surface area contributed by atoms with E-state index in [1.807, 2.05) is 0 Å². The van der Waals surface area contributed by atoms with Gasteiger partial charge in [0, 0.05) is 0 Å². The predicted octanol–water partition coefficient (Wildman–Crippen LogP) is -0.153. The van der Waals surface area contributed by atoms with Crippen LogP contribution in [0.4, 0.5) is 0 Å². The van der Waals surface area contributed by atoms with Crippen molar-refractivity contribution in [2.75, 3.05) is 0 Å². The largest absolute Gasteiger partial charge is 0.707 e. The van der Waals surface area contributed by atoms with Crippen LogP contribution in [0.15, 0.2) is 24.3 Å². The molecular formula is C7H7BO4. The molecule has 1 aromatic rings. The minimum atomic E-state index is -1.90. The van der Waals surface area contributed by atoms with Crippen molar-refractivity contribution >= 4 is 13.6 Å². The van der Waals surface area contributed by atoms with E-state index in [0.29, 0.717) is 6.29 Å². The molecule has 0 heterocycles. The van der Waals surface area contributed by atoms with E-state index in [-0.39, 0.29) is 11.3 Å². The van der Waals surface area contributed by atoms with Crippen LogP contribution in [0.25, 0.3) is 0 Å². The zero-order valence-corrected chi connectivity index (χ0v) is 6.18. The summed E-state index contributed by atoms with van der Waals surface area (Å²) in [5.74, 6) is 0.155. The summed E-state index contributed by atoms with van der Waals surface area (Å²) in [6, 6.07) is 6.28. The summed E-state index contributed by atoms with van der Waals surface area (Å²) in [5, 5.41) is 16.9. The van der Waals surface area contributed by atoms with Gasteiger partial charge in [0.1, 0.15) is 5.75 Å². The Morgan fingerprint density at radius 2 is 2.00 bits per heavy atom. The first-order chi connectivity index (χ1) is 5.74. The van der Waals surface area contributed by atoms with Crippen molar-refractivity contribution in [3.63, 3.8) is 0 Å². The van der Waals surface area contributed by atoms with Gasteiger partial charge in [-0.25, -0.2) is 0 Å². The molecule has 1 rings (SSSR count). The third-order valence-corrected chi connectivity index (χ3v) is 1.28. The van der Waals surface area contributed by atoms with Gasteiger partial charge in [-0.15, -0.1) is 0 Å². The normalized spacial score (nSPS) is 9.17. The van der Waals surface area contributed by atoms with E-state index in [0.717, 1.165) is 0 Å². The van der Waals surface area contributed by atoms with Crippen LogP contribution in [0.3, 0.4) is 0 Å². The second-order valence-electron chi connectivity index (χ2n) is 2.10. The fraction of sp³-hybridized carbons (Fsp3) is 0. The molecule has 0 saturated heterocycles. The molecule has 0 aliphatic carbocycles. The molecule has 0 atom stereocenters. The third kappa shape index (κ3) is 2.08. The first-order valence-corrected chi connectivity index (χ1v) is 3.31. The highest BCUT2D eigenvalue weighted by molar-refractivity contribution is 6.33. The van der Waals surface area contributed by atoms with Gasteiger partial charge < -0.3 is 14.7 Å². The molecule has 0 aromatic heterocycles. The van der Waals surface area contributed by atoms with Gasteiger partial charge in [0.25, 0.3) is 0 Å². The molecule has 0 unspecified atom stereocenters. The third-order valence-electron chi connectivity index (χ3n) is 1.28. The Kier molecular flexibility index (Phi) is 2.84. The lowest BCUT2D eigenvalue weighted by atomic mass is 10.2. The number of carbonyl (C=O) groups excluding carboxylic acids is 1. The molecule has 0 aliphatic rings. The summed E-state index contributed by atoms with van der Waals surface area (Å²) < 4.78 is 4.52. The van der Waals surface area contributed by atoms with Crippen LogP contribution in [-0.2, 0) is 0 Å². The molecule has 0 radical (unpaired) electrons. The average Bonchev–Trinajstić information content (AvgIpc) is 2.04. The van der Waals surface area contributed by atoms with E-state index >= 15 is 0 Å². The molecule has 1 aromatic carbocycles. The molecule has 2 N–H and O–H groups in total. The van der Waals surface area contributed by atoms with E-state index in [2.05, 4.69) is 4.65 Å². The second kappa shape index (κ2) is 3.89. The lowest BCUT2D eigenvalue weighted by Crippen LogP contribution is -2.21. The maximum atomic E-state index is 10.4. The lowest BCUT2D eigenvalue weighted by Gasteiger charge is -2.05. The summed E-state index contributed by atoms with van der Waals surface area (Å²) in [6.07, 6.45) is 0.581. The van der Waals surface area contributed by atoms with Gasteiger partial charge in [-0.1, -0.05) is 12.1 Å². The number of hydrogen-bond donors (Lipinski definition) is 2. The van der Waals surface area contributed by atoms with Crippen molar-refractivity contribution in [2.24, 2.45) is 0 Å². The minimum absolute atomic E-state index is 0.155. The summed E-state index contributed by atoms with van der Waals surface area (Å²) in [4.78, 5) is 10.4. The Morgan fingerprint density at radius 1 is 1.33 bits per heavy atom. The average molecular weight is 166 g/mol. The Balaban J connectivity index is 2.89. The van der Waals surface area contributed by atoms with Crippen molar-refractivity contribution < 1.29 is 19.5 Å². The van der Waals surface area contributed by atoms with Crippen molar-refractivity contribution in [3.8, 4) is 5.75 Å². The summed E-state index contributed by atoms with van der Waals surface area (Å²) >= 11 is 0. The minimum Gasteiger partial charge on any atom is -0.511 e. The Bertz CT molecular complexity index is 274. The molecule has 0 spiro atoms. The number of aldehydes is 1. The first-order valence-electron chi connectivity index (χ1n) is 3.31. The van der Waals surface area contributed by atoms with Crippen molar-refractivity contribution in [3.05, 3.63) is 29.8 Å². The van der Waals surface area contributed by atoms with E-state index < -0.39 is 7.32 Å². The molecule has 0 aliphatic heterocycles. The zero-order chi connectivity index (χ0) is 8.97. The van der Waals surface area contributed by atoms with Crippen LogP contribution in [0.2, 0.25) is 0 Å². The van der Waals surface area contributed by atoms with Gasteiger partial charge in [-0.3, -0.25) is 4.79 Å². The van der Waals surface area contributed by atoms with Crippen LogP contribution in [-0.4, -0.2) is 23.7 Å². The van der Waals surface area contributed by atoms with Crippen molar-refractivity contribution in [1.29, 1.82) is 0 Å². The van der Waals surface area contributed by atoms with Gasteiger partial charge >= 0.3 is 7.32 Å². The first kappa shape index (κ1) is 8.77. The fourth-order valence-electron chi connectivity index (χ4n) is 0.799. The number of para-hydroxylation sites is 1. The quantitative estimate of drug-likeness (QED) is 0.483. The van der Waals surface area contributed by atoms with Crippen LogP contribution in [0, 0.1) is 0 Å². The molecule has 12 heavy (non-hydrogen) atoms. The molecule has 4 nitrogen and oxygen atoms in total. The van der Waals surface area contributed by atoms with E-state index in [1.165, 1.54) is 12.1 Å². The highest BCUT2D eigenvalue weighted by Crippen LogP contribution is 2.15. The maximum Gasteiger partial charge on any atom is 0.707 e. The van der Waals surface area contributed by atoms with Crippen LogP contribution in [0.5, 0.6) is 5.75 Å². The Hall–Kier alpha value is -1.33. The van der Waals surface area contributed by atoms with Gasteiger partial charge in [0.2, 0.25) is 0 Å². The monoisotopic (exact) mass is 166 g/mol. The van der Waals surface area contributed by atoms with E-state index in [9.17, 15) is 4.79 Å². The zero-order valence-electron chi connectivity index (χ0n) is 6.18. The van der Waals surface area contributed by atoms with E-state index in [1.54, 1.807) is 12.1 Å². The van der Waals surface area contributed by atoms with Crippen LogP contribution >= 0.6 is 0 Å². The highest BCUT2D eigenvalue weighted by atomic mass is 16.6. The summed E-state index contributed by atoms with van der Waals surface area (Å²) in [6.45, 7) is 0. The maximum absolute atomic E-state index is 10.4. The number of rotatable bonds is 3. The van der Waals surface area contributed by atoms with Crippen molar-refractivity contribution in [1.82, 2.24) is 0 Å². The standard InChI is InChI=1S/C7H7BO4/c9-5-6-3-1-2-4-7(6)12-8(10)11/h1-5,10-11H. The molecule has 5 heteroatoms. The molecule has 0 fully saturated rings. The number of carbonyl (C=O) groups is 1. The van der Waals surface area contributed by atoms with Crippen LogP contribution < -0.4 is 4.65 Å². The van der Waals surface area contributed by atoms with Crippen LogP contribution in [0.1, 0.15) is 10.4 Å². The Morgan fingerprint density at radius 3 is 2.58 bits per heavy atom. The Labute approximate surface area is 69.6 Å². The predicted molar refractivity (Wildman–Crippen MR) is 42.6 cm³/mol. The number of hydrogen-bond acceptors (Lipinski definition) is 4. The molecule has 62 valence electrons. The summed E-state index contributed by atoms with van der Waals surface area (Å²) in [5.41, 5.74) is 0.283. The van der Waals surface area contributed by atoms with Gasteiger partial charge in [0.15, 0.2) is 6.29 Å². The van der Waals surface area contributed by atoms with E-state index in [4.69, 9.17) is 10.0 Å². The SMILES string of the molecule is O=Cc1ccccc1OB(O)O. The lowest BCUT2D eigenvalue weighted by molar-refractivity contribution is 0.112. The van der Waals surface area contributed by atoms with Gasteiger partial charge in [0.05, 0.1) is 5.56 Å². The second-order valence-corrected chi connectivity index (χ2v) is 2.10. The highest BCUT2D eigenvalue weighted by Gasteiger charge is 2.12. The topological polar surface area (TPSA) is 66.8 Å². The van der Waals surface area contributed by atoms with Crippen molar-refractivity contribution in [2.45, 2.75) is 0 Å². The molecular weight excluding hydrogens is 159 g/mol.